The van der Waals surface area contributed by atoms with Crippen molar-refractivity contribution in [3.8, 4) is 11.4 Å². The van der Waals surface area contributed by atoms with Gasteiger partial charge in [0, 0.05) is 10.7 Å². The van der Waals surface area contributed by atoms with Crippen LogP contribution >= 0.6 is 11.6 Å². The van der Waals surface area contributed by atoms with Crippen LogP contribution in [0.15, 0.2) is 48.5 Å². The largest absolute Gasteiger partial charge is 0.494 e. The highest BCUT2D eigenvalue weighted by atomic mass is 35.5. The normalized spacial score (nSPS) is 10.5. The van der Waals surface area contributed by atoms with Gasteiger partial charge in [-0.25, -0.2) is 4.68 Å². The van der Waals surface area contributed by atoms with E-state index in [1.54, 1.807) is 48.0 Å². The molecule has 128 valence electrons. The fraction of sp³-hybridized carbons (Fsp3) is 0.167. The fourth-order valence-corrected chi connectivity index (χ4v) is 2.57. The summed E-state index contributed by atoms with van der Waals surface area (Å²) in [5.41, 5.74) is 2.29. The topological polar surface area (TPSA) is 69.0 Å². The Morgan fingerprint density at radius 2 is 2.00 bits per heavy atom. The molecule has 0 aliphatic rings. The SMILES string of the molecule is CCOc1ccc(NC(=O)c2nnn(-c3cccc(Cl)c3)c2C)cc1. The number of amides is 1. The number of ether oxygens (including phenoxy) is 1. The first-order valence-corrected chi connectivity index (χ1v) is 8.18. The van der Waals surface area contributed by atoms with E-state index in [0.29, 0.717) is 23.0 Å². The van der Waals surface area contributed by atoms with Gasteiger partial charge in [-0.1, -0.05) is 22.9 Å². The maximum atomic E-state index is 12.5. The number of aromatic nitrogens is 3. The molecular weight excluding hydrogens is 340 g/mol. The first-order valence-electron chi connectivity index (χ1n) is 7.81. The first-order chi connectivity index (χ1) is 12.1. The number of carbonyl (C=O) groups excluding carboxylic acids is 1. The van der Waals surface area contributed by atoms with Crippen LogP contribution in [0, 0.1) is 6.92 Å². The van der Waals surface area contributed by atoms with Crippen molar-refractivity contribution in [1.82, 2.24) is 15.0 Å². The van der Waals surface area contributed by atoms with Gasteiger partial charge < -0.3 is 10.1 Å². The lowest BCUT2D eigenvalue weighted by Gasteiger charge is -2.07. The van der Waals surface area contributed by atoms with Crippen LogP contribution in [0.5, 0.6) is 5.75 Å². The molecule has 3 rings (SSSR count). The second-order valence-corrected chi connectivity index (χ2v) is 5.76. The van der Waals surface area contributed by atoms with Gasteiger partial charge in [0.05, 0.1) is 18.0 Å². The molecule has 1 heterocycles. The maximum Gasteiger partial charge on any atom is 0.278 e. The number of hydrogen-bond acceptors (Lipinski definition) is 4. The smallest absolute Gasteiger partial charge is 0.278 e. The third kappa shape index (κ3) is 3.80. The van der Waals surface area contributed by atoms with Gasteiger partial charge in [0.15, 0.2) is 5.69 Å². The number of carbonyl (C=O) groups is 1. The van der Waals surface area contributed by atoms with Crippen molar-refractivity contribution >= 4 is 23.2 Å². The van der Waals surface area contributed by atoms with Gasteiger partial charge in [0.2, 0.25) is 0 Å². The third-order valence-electron chi connectivity index (χ3n) is 3.59. The molecule has 0 saturated carbocycles. The van der Waals surface area contributed by atoms with E-state index in [0.717, 1.165) is 11.4 Å². The summed E-state index contributed by atoms with van der Waals surface area (Å²) in [4.78, 5) is 12.5. The molecule has 0 atom stereocenters. The van der Waals surface area contributed by atoms with E-state index >= 15 is 0 Å². The molecule has 0 aliphatic carbocycles. The molecule has 2 aromatic carbocycles. The van der Waals surface area contributed by atoms with Crippen LogP contribution in [0.1, 0.15) is 23.1 Å². The van der Waals surface area contributed by atoms with E-state index in [1.807, 2.05) is 19.1 Å². The van der Waals surface area contributed by atoms with Crippen LogP contribution in [-0.2, 0) is 0 Å². The molecule has 0 radical (unpaired) electrons. The minimum Gasteiger partial charge on any atom is -0.494 e. The minimum absolute atomic E-state index is 0.258. The summed E-state index contributed by atoms with van der Waals surface area (Å²) >= 11 is 6.01. The Kier molecular flexibility index (Phi) is 5.00. The minimum atomic E-state index is -0.324. The van der Waals surface area contributed by atoms with Crippen LogP contribution in [-0.4, -0.2) is 27.5 Å². The number of nitrogens with zero attached hydrogens (tertiary/aromatic N) is 3. The summed E-state index contributed by atoms with van der Waals surface area (Å²) < 4.78 is 6.96. The second-order valence-electron chi connectivity index (χ2n) is 5.33. The van der Waals surface area contributed by atoms with Crippen molar-refractivity contribution in [1.29, 1.82) is 0 Å². The van der Waals surface area contributed by atoms with Gasteiger partial charge in [-0.2, -0.15) is 0 Å². The molecule has 0 bridgehead atoms. The zero-order valence-electron chi connectivity index (χ0n) is 13.9. The number of halogens is 1. The van der Waals surface area contributed by atoms with Crippen LogP contribution in [0.4, 0.5) is 5.69 Å². The second kappa shape index (κ2) is 7.36. The van der Waals surface area contributed by atoms with Crippen molar-refractivity contribution in [3.63, 3.8) is 0 Å². The van der Waals surface area contributed by atoms with Crippen LogP contribution in [0.3, 0.4) is 0 Å². The molecule has 1 N–H and O–H groups in total. The maximum absolute atomic E-state index is 12.5. The van der Waals surface area contributed by atoms with Crippen molar-refractivity contribution < 1.29 is 9.53 Å². The lowest BCUT2D eigenvalue weighted by atomic mass is 10.2. The first kappa shape index (κ1) is 17.0. The summed E-state index contributed by atoms with van der Waals surface area (Å²) in [7, 11) is 0. The Morgan fingerprint density at radius 1 is 1.24 bits per heavy atom. The van der Waals surface area contributed by atoms with E-state index in [2.05, 4.69) is 15.6 Å². The Bertz CT molecular complexity index is 890. The van der Waals surface area contributed by atoms with Gasteiger partial charge >= 0.3 is 0 Å². The third-order valence-corrected chi connectivity index (χ3v) is 3.82. The van der Waals surface area contributed by atoms with Crippen LogP contribution in [0.25, 0.3) is 5.69 Å². The van der Waals surface area contributed by atoms with E-state index in [-0.39, 0.29) is 11.6 Å². The van der Waals surface area contributed by atoms with E-state index < -0.39 is 0 Å². The summed E-state index contributed by atoms with van der Waals surface area (Å²) in [6, 6.07) is 14.4. The summed E-state index contributed by atoms with van der Waals surface area (Å²) in [5.74, 6) is 0.429. The van der Waals surface area contributed by atoms with Gasteiger partial charge in [-0.05, 0) is 56.3 Å². The van der Waals surface area contributed by atoms with Crippen molar-refractivity contribution in [2.24, 2.45) is 0 Å². The molecule has 7 heteroatoms. The van der Waals surface area contributed by atoms with Crippen LogP contribution < -0.4 is 10.1 Å². The molecule has 3 aromatic rings. The number of nitrogens with one attached hydrogen (secondary N) is 1. The lowest BCUT2D eigenvalue weighted by Crippen LogP contribution is -2.14. The predicted molar refractivity (Wildman–Crippen MR) is 96.7 cm³/mol. The van der Waals surface area contributed by atoms with E-state index in [1.165, 1.54) is 0 Å². The highest BCUT2D eigenvalue weighted by Crippen LogP contribution is 2.19. The molecule has 0 unspecified atom stereocenters. The summed E-state index contributed by atoms with van der Waals surface area (Å²) in [6.07, 6.45) is 0. The Hall–Kier alpha value is -2.86. The molecule has 0 aliphatic heterocycles. The zero-order valence-corrected chi connectivity index (χ0v) is 14.6. The number of hydrogen-bond donors (Lipinski definition) is 1. The Labute approximate surface area is 150 Å². The van der Waals surface area contributed by atoms with Crippen molar-refractivity contribution in [3.05, 3.63) is 64.9 Å². The molecule has 1 amide bonds. The average molecular weight is 357 g/mol. The number of rotatable bonds is 5. The summed E-state index contributed by atoms with van der Waals surface area (Å²) in [5, 5.41) is 11.5. The van der Waals surface area contributed by atoms with E-state index in [4.69, 9.17) is 16.3 Å². The molecule has 0 saturated heterocycles. The standard InChI is InChI=1S/C18H17ClN4O2/c1-3-25-16-9-7-14(8-10-16)20-18(24)17-12(2)23(22-21-17)15-6-4-5-13(19)11-15/h4-11H,3H2,1-2H3,(H,20,24). The van der Waals surface area contributed by atoms with Crippen LogP contribution in [0.2, 0.25) is 5.02 Å². The molecule has 25 heavy (non-hydrogen) atoms. The van der Waals surface area contributed by atoms with Gasteiger partial charge in [0.25, 0.3) is 5.91 Å². The number of benzene rings is 2. The van der Waals surface area contributed by atoms with Gasteiger partial charge in [-0.15, -0.1) is 5.10 Å². The molecule has 1 aromatic heterocycles. The van der Waals surface area contributed by atoms with Crippen molar-refractivity contribution in [2.45, 2.75) is 13.8 Å². The fourth-order valence-electron chi connectivity index (χ4n) is 2.38. The molecule has 0 fully saturated rings. The zero-order chi connectivity index (χ0) is 17.8. The lowest BCUT2D eigenvalue weighted by molar-refractivity contribution is 0.102. The quantitative estimate of drug-likeness (QED) is 0.753. The van der Waals surface area contributed by atoms with Crippen molar-refractivity contribution in [2.75, 3.05) is 11.9 Å². The van der Waals surface area contributed by atoms with Gasteiger partial charge in [0.1, 0.15) is 5.75 Å². The Morgan fingerprint density at radius 3 is 2.68 bits per heavy atom. The molecular formula is C18H17ClN4O2. The number of anilines is 1. The average Bonchev–Trinajstić information content (AvgIpc) is 2.98. The predicted octanol–water partition coefficient (Wildman–Crippen LogP) is 3.88. The highest BCUT2D eigenvalue weighted by molar-refractivity contribution is 6.30. The summed E-state index contributed by atoms with van der Waals surface area (Å²) in [6.45, 7) is 4.30. The van der Waals surface area contributed by atoms with Gasteiger partial charge in [-0.3, -0.25) is 4.79 Å². The Balaban J connectivity index is 1.79. The monoisotopic (exact) mass is 356 g/mol. The molecule has 0 spiro atoms. The van der Waals surface area contributed by atoms with E-state index in [9.17, 15) is 4.79 Å². The molecule has 6 nitrogen and oxygen atoms in total. The highest BCUT2D eigenvalue weighted by Gasteiger charge is 2.17.